The van der Waals surface area contributed by atoms with Crippen LogP contribution in [0.5, 0.6) is 0 Å². The van der Waals surface area contributed by atoms with E-state index in [4.69, 9.17) is 4.74 Å². The Labute approximate surface area is 237 Å². The average molecular weight is 533 g/mol. The van der Waals surface area contributed by atoms with Crippen molar-refractivity contribution < 1.29 is 14.3 Å². The highest BCUT2D eigenvalue weighted by molar-refractivity contribution is 5.89. The minimum atomic E-state index is -0.206. The lowest BCUT2D eigenvalue weighted by Crippen LogP contribution is -2.57. The fourth-order valence-corrected chi connectivity index (χ4v) is 10.0. The standard InChI is InChI=1S/C36H52O3/c1-23(2)12-11-13-24(3)28-22-29(37)32-26-16-17-30-34(4,5)31(39-33(38)25-14-9-8-10-15-25)19-21-35(30,6)27(26)18-20-36(28,32)7/h8-10,14-16,23-24,27-28,30-32H,11-13,17-22H2,1-7H3/t24-,27+,28-,30+,31?,32-,35-,36-/m1/s1. The lowest BCUT2D eigenvalue weighted by molar-refractivity contribution is -0.134. The molecular formula is C36H52O3. The van der Waals surface area contributed by atoms with Crippen molar-refractivity contribution in [2.75, 3.05) is 0 Å². The van der Waals surface area contributed by atoms with Gasteiger partial charge in [0.05, 0.1) is 5.56 Å². The first-order chi connectivity index (χ1) is 18.4. The Balaban J connectivity index is 1.36. The van der Waals surface area contributed by atoms with Crippen LogP contribution in [0.2, 0.25) is 0 Å². The van der Waals surface area contributed by atoms with E-state index in [0.29, 0.717) is 35.0 Å². The summed E-state index contributed by atoms with van der Waals surface area (Å²) in [6, 6.07) is 9.40. The van der Waals surface area contributed by atoms with Crippen LogP contribution in [0, 0.1) is 51.8 Å². The molecule has 0 aromatic heterocycles. The lowest BCUT2D eigenvalue weighted by atomic mass is 9.43. The molecule has 39 heavy (non-hydrogen) atoms. The van der Waals surface area contributed by atoms with Crippen LogP contribution >= 0.6 is 0 Å². The van der Waals surface area contributed by atoms with Crippen molar-refractivity contribution >= 4 is 11.8 Å². The van der Waals surface area contributed by atoms with Gasteiger partial charge in [0.2, 0.25) is 0 Å². The van der Waals surface area contributed by atoms with Crippen LogP contribution in [0.1, 0.15) is 117 Å². The maximum atomic E-state index is 13.8. The first-order valence-electron chi connectivity index (χ1n) is 15.9. The van der Waals surface area contributed by atoms with Crippen molar-refractivity contribution in [3.8, 4) is 0 Å². The molecule has 0 aliphatic heterocycles. The molecule has 0 radical (unpaired) electrons. The van der Waals surface area contributed by atoms with E-state index >= 15 is 0 Å². The van der Waals surface area contributed by atoms with Gasteiger partial charge in [-0.2, -0.15) is 0 Å². The summed E-state index contributed by atoms with van der Waals surface area (Å²) in [5.41, 5.74) is 2.25. The molecule has 1 unspecified atom stereocenters. The number of Topliss-reactive ketones (excluding diaryl/α,β-unsaturated/α-hetero) is 1. The first-order valence-corrected chi connectivity index (χ1v) is 15.9. The molecule has 3 heteroatoms. The third-order valence-corrected chi connectivity index (χ3v) is 12.2. The monoisotopic (exact) mass is 532 g/mol. The molecule has 1 aromatic carbocycles. The Morgan fingerprint density at radius 1 is 0.974 bits per heavy atom. The van der Waals surface area contributed by atoms with Crippen LogP contribution in [0.25, 0.3) is 0 Å². The molecule has 4 aliphatic rings. The number of carbonyl (C=O) groups is 2. The number of esters is 1. The number of rotatable bonds is 7. The normalized spacial score (nSPS) is 37.9. The highest BCUT2D eigenvalue weighted by atomic mass is 16.5. The number of fused-ring (bicyclic) bond motifs is 5. The molecule has 3 saturated carbocycles. The summed E-state index contributed by atoms with van der Waals surface area (Å²) in [5.74, 6) is 3.21. The highest BCUT2D eigenvalue weighted by Crippen LogP contribution is 2.68. The van der Waals surface area contributed by atoms with E-state index in [2.05, 4.69) is 54.5 Å². The fraction of sp³-hybridized carbons (Fsp3) is 0.722. The smallest absolute Gasteiger partial charge is 0.338 e. The zero-order valence-corrected chi connectivity index (χ0v) is 25.6. The van der Waals surface area contributed by atoms with Gasteiger partial charge in [0.1, 0.15) is 11.9 Å². The van der Waals surface area contributed by atoms with Gasteiger partial charge in [-0.25, -0.2) is 4.79 Å². The van der Waals surface area contributed by atoms with Crippen molar-refractivity contribution in [1.82, 2.24) is 0 Å². The van der Waals surface area contributed by atoms with Gasteiger partial charge in [0.15, 0.2) is 0 Å². The Morgan fingerprint density at radius 2 is 1.67 bits per heavy atom. The summed E-state index contributed by atoms with van der Waals surface area (Å²) < 4.78 is 6.20. The summed E-state index contributed by atoms with van der Waals surface area (Å²) in [7, 11) is 0. The number of carbonyl (C=O) groups excluding carboxylic acids is 2. The SMILES string of the molecule is CC(C)CCC[C@@H](C)[C@H]1CC(=O)[C@H]2C3=CC[C@H]4C(C)(C)C(OC(=O)c5ccccc5)CC[C@]4(C)[C@H]3CC[C@@]21C. The van der Waals surface area contributed by atoms with E-state index in [-0.39, 0.29) is 34.2 Å². The molecule has 4 aliphatic carbocycles. The van der Waals surface area contributed by atoms with Crippen molar-refractivity contribution in [1.29, 1.82) is 0 Å². The lowest BCUT2D eigenvalue weighted by Gasteiger charge is -2.62. The molecule has 0 heterocycles. The van der Waals surface area contributed by atoms with Gasteiger partial charge in [-0.15, -0.1) is 0 Å². The quantitative estimate of drug-likeness (QED) is 0.260. The van der Waals surface area contributed by atoms with Crippen LogP contribution in [-0.2, 0) is 9.53 Å². The molecule has 1 aromatic rings. The molecule has 5 rings (SSSR count). The molecule has 0 bridgehead atoms. The van der Waals surface area contributed by atoms with Gasteiger partial charge in [-0.1, -0.05) is 97.6 Å². The average Bonchev–Trinajstić information content (AvgIpc) is 3.16. The minimum Gasteiger partial charge on any atom is -0.458 e. The molecular weight excluding hydrogens is 480 g/mol. The summed E-state index contributed by atoms with van der Waals surface area (Å²) >= 11 is 0. The number of ether oxygens (including phenoxy) is 1. The number of ketones is 1. The Morgan fingerprint density at radius 3 is 2.36 bits per heavy atom. The van der Waals surface area contributed by atoms with Gasteiger partial charge in [-0.05, 0) is 84.7 Å². The summed E-state index contributed by atoms with van der Waals surface area (Å²) in [4.78, 5) is 26.7. The van der Waals surface area contributed by atoms with Crippen LogP contribution in [0.3, 0.4) is 0 Å². The zero-order valence-electron chi connectivity index (χ0n) is 25.6. The van der Waals surface area contributed by atoms with Crippen molar-refractivity contribution in [2.24, 2.45) is 51.8 Å². The van der Waals surface area contributed by atoms with Crippen LogP contribution < -0.4 is 0 Å². The third kappa shape index (κ3) is 4.84. The molecule has 3 nitrogen and oxygen atoms in total. The Hall–Kier alpha value is -1.90. The molecule has 0 saturated heterocycles. The Bertz CT molecular complexity index is 1100. The van der Waals surface area contributed by atoms with E-state index in [1.54, 1.807) is 0 Å². The Kier molecular flexibility index (Phi) is 7.70. The number of hydrogen-bond donors (Lipinski definition) is 0. The molecule has 0 spiro atoms. The second-order valence-electron chi connectivity index (χ2n) is 15.2. The van der Waals surface area contributed by atoms with Gasteiger partial charge in [0.25, 0.3) is 0 Å². The van der Waals surface area contributed by atoms with Crippen LogP contribution in [-0.4, -0.2) is 17.9 Å². The number of allylic oxidation sites excluding steroid dienone is 2. The first kappa shape index (κ1) is 28.6. The second-order valence-corrected chi connectivity index (χ2v) is 15.2. The van der Waals surface area contributed by atoms with E-state index in [0.717, 1.165) is 31.6 Å². The summed E-state index contributed by atoms with van der Waals surface area (Å²) in [6.07, 6.45) is 12.3. The van der Waals surface area contributed by atoms with Gasteiger partial charge in [-0.3, -0.25) is 4.79 Å². The van der Waals surface area contributed by atoms with E-state index in [1.165, 1.54) is 37.7 Å². The predicted octanol–water partition coefficient (Wildman–Crippen LogP) is 9.07. The molecule has 214 valence electrons. The van der Waals surface area contributed by atoms with E-state index in [9.17, 15) is 9.59 Å². The highest BCUT2D eigenvalue weighted by Gasteiger charge is 2.63. The van der Waals surface area contributed by atoms with E-state index in [1.807, 2.05) is 30.3 Å². The topological polar surface area (TPSA) is 43.4 Å². The van der Waals surface area contributed by atoms with Gasteiger partial charge < -0.3 is 4.74 Å². The van der Waals surface area contributed by atoms with Crippen molar-refractivity contribution in [3.05, 3.63) is 47.5 Å². The minimum absolute atomic E-state index is 0.0868. The molecule has 8 atom stereocenters. The largest absolute Gasteiger partial charge is 0.458 e. The zero-order chi connectivity index (χ0) is 28.2. The summed E-state index contributed by atoms with van der Waals surface area (Å²) in [6.45, 7) is 16.6. The van der Waals surface area contributed by atoms with Crippen molar-refractivity contribution in [2.45, 2.75) is 112 Å². The van der Waals surface area contributed by atoms with Crippen LogP contribution in [0.4, 0.5) is 0 Å². The molecule has 0 amide bonds. The molecule has 0 N–H and O–H groups in total. The third-order valence-electron chi connectivity index (χ3n) is 12.2. The predicted molar refractivity (Wildman–Crippen MR) is 158 cm³/mol. The number of hydrogen-bond acceptors (Lipinski definition) is 3. The fourth-order valence-electron chi connectivity index (χ4n) is 10.0. The summed E-state index contributed by atoms with van der Waals surface area (Å²) in [5, 5.41) is 0. The maximum absolute atomic E-state index is 13.8. The number of benzene rings is 1. The maximum Gasteiger partial charge on any atom is 0.338 e. The molecule has 3 fully saturated rings. The van der Waals surface area contributed by atoms with Gasteiger partial charge in [0, 0.05) is 17.8 Å². The van der Waals surface area contributed by atoms with Crippen LogP contribution in [0.15, 0.2) is 42.0 Å². The van der Waals surface area contributed by atoms with E-state index < -0.39 is 0 Å². The van der Waals surface area contributed by atoms with Crippen molar-refractivity contribution in [3.63, 3.8) is 0 Å². The van der Waals surface area contributed by atoms with Gasteiger partial charge >= 0.3 is 5.97 Å². The second kappa shape index (κ2) is 10.5.